The van der Waals surface area contributed by atoms with Crippen LogP contribution in [-0.4, -0.2) is 61.8 Å². The minimum atomic E-state index is -0.342. The summed E-state index contributed by atoms with van der Waals surface area (Å²) in [5.41, 5.74) is 1.97. The Kier molecular flexibility index (Phi) is 9.15. The first-order chi connectivity index (χ1) is 15.1. The highest BCUT2D eigenvalue weighted by molar-refractivity contribution is 5.84. The van der Waals surface area contributed by atoms with Crippen molar-refractivity contribution >= 4 is 17.6 Å². The van der Waals surface area contributed by atoms with Crippen LogP contribution in [0.2, 0.25) is 0 Å². The largest absolute Gasteiger partial charge is 0.466 e. The predicted octanol–water partition coefficient (Wildman–Crippen LogP) is 3.37. The molecular formula is C24H36N2O5. The molecule has 0 saturated carbocycles. The zero-order chi connectivity index (χ0) is 22.1. The number of likely N-dealkylation sites (tertiary alicyclic amines) is 1. The number of carbonyl (C=O) groups excluding carboxylic acids is 2. The van der Waals surface area contributed by atoms with Crippen LogP contribution in [0.5, 0.6) is 0 Å². The summed E-state index contributed by atoms with van der Waals surface area (Å²) < 4.78 is 16.7. The van der Waals surface area contributed by atoms with Crippen LogP contribution in [0.1, 0.15) is 51.5 Å². The van der Waals surface area contributed by atoms with Crippen molar-refractivity contribution in [2.24, 2.45) is 5.92 Å². The van der Waals surface area contributed by atoms with Crippen LogP contribution in [0, 0.1) is 5.92 Å². The van der Waals surface area contributed by atoms with E-state index < -0.39 is 0 Å². The molecule has 3 rings (SSSR count). The molecule has 31 heavy (non-hydrogen) atoms. The third-order valence-corrected chi connectivity index (χ3v) is 5.95. The lowest BCUT2D eigenvalue weighted by Gasteiger charge is -2.33. The fourth-order valence-electron chi connectivity index (χ4n) is 4.18. The average molecular weight is 433 g/mol. The van der Waals surface area contributed by atoms with E-state index >= 15 is 0 Å². The molecule has 0 aromatic heterocycles. The predicted molar refractivity (Wildman–Crippen MR) is 119 cm³/mol. The van der Waals surface area contributed by atoms with E-state index in [1.165, 1.54) is 6.42 Å². The minimum Gasteiger partial charge on any atom is -0.466 e. The van der Waals surface area contributed by atoms with Gasteiger partial charge in [0.05, 0.1) is 31.8 Å². The number of benzene rings is 1. The summed E-state index contributed by atoms with van der Waals surface area (Å²) in [7, 11) is 0. The van der Waals surface area contributed by atoms with Gasteiger partial charge in [0.1, 0.15) is 6.04 Å². The Morgan fingerprint density at radius 1 is 1.23 bits per heavy atom. The molecule has 0 spiro atoms. The van der Waals surface area contributed by atoms with Crippen LogP contribution in [0.4, 0.5) is 5.69 Å². The van der Waals surface area contributed by atoms with Crippen molar-refractivity contribution in [1.29, 1.82) is 0 Å². The Labute approximate surface area is 185 Å². The number of carbonyl (C=O) groups is 2. The minimum absolute atomic E-state index is 0.0541. The van der Waals surface area contributed by atoms with Gasteiger partial charge in [0.25, 0.3) is 0 Å². The van der Waals surface area contributed by atoms with E-state index in [0.29, 0.717) is 45.8 Å². The standard InChI is InChI=1S/C24H36N2O5/c1-3-30-24(28)20-10-12-26(13-11-20)23(27)18(2)25-21-8-6-7-19(15-21)16-29-17-22-9-4-5-14-31-22/h6-8,15,18,20,22,25H,3-5,9-14,16-17H2,1-2H3. The lowest BCUT2D eigenvalue weighted by atomic mass is 9.96. The second-order valence-electron chi connectivity index (χ2n) is 8.42. The quantitative estimate of drug-likeness (QED) is 0.603. The van der Waals surface area contributed by atoms with Crippen LogP contribution in [0.25, 0.3) is 0 Å². The summed E-state index contributed by atoms with van der Waals surface area (Å²) in [6.07, 6.45) is 4.95. The van der Waals surface area contributed by atoms with E-state index in [2.05, 4.69) is 5.32 Å². The molecule has 2 heterocycles. The van der Waals surface area contributed by atoms with E-state index in [9.17, 15) is 9.59 Å². The maximum absolute atomic E-state index is 12.8. The maximum Gasteiger partial charge on any atom is 0.309 e. The molecule has 0 bridgehead atoms. The first-order valence-corrected chi connectivity index (χ1v) is 11.6. The van der Waals surface area contributed by atoms with Gasteiger partial charge >= 0.3 is 5.97 Å². The zero-order valence-corrected chi connectivity index (χ0v) is 18.8. The second kappa shape index (κ2) is 12.1. The van der Waals surface area contributed by atoms with Gasteiger partial charge in [0, 0.05) is 25.4 Å². The lowest BCUT2D eigenvalue weighted by molar-refractivity contribution is -0.151. The fourth-order valence-corrected chi connectivity index (χ4v) is 4.18. The molecule has 1 amide bonds. The van der Waals surface area contributed by atoms with E-state index in [1.807, 2.05) is 43.0 Å². The molecule has 2 fully saturated rings. The van der Waals surface area contributed by atoms with Crippen LogP contribution >= 0.6 is 0 Å². The Morgan fingerprint density at radius 3 is 2.74 bits per heavy atom. The van der Waals surface area contributed by atoms with E-state index in [4.69, 9.17) is 14.2 Å². The number of nitrogens with one attached hydrogen (secondary N) is 1. The highest BCUT2D eigenvalue weighted by Gasteiger charge is 2.30. The monoisotopic (exact) mass is 432 g/mol. The molecule has 0 aliphatic carbocycles. The molecule has 1 N–H and O–H groups in total. The van der Waals surface area contributed by atoms with Crippen molar-refractivity contribution < 1.29 is 23.8 Å². The molecule has 2 saturated heterocycles. The van der Waals surface area contributed by atoms with Crippen LogP contribution in [-0.2, 0) is 30.4 Å². The van der Waals surface area contributed by atoms with Crippen molar-refractivity contribution in [3.63, 3.8) is 0 Å². The third kappa shape index (κ3) is 7.21. The number of hydrogen-bond acceptors (Lipinski definition) is 6. The number of rotatable bonds is 9. The third-order valence-electron chi connectivity index (χ3n) is 5.95. The molecule has 2 aliphatic heterocycles. The number of esters is 1. The van der Waals surface area contributed by atoms with Crippen LogP contribution < -0.4 is 5.32 Å². The Bertz CT molecular complexity index is 712. The first kappa shape index (κ1) is 23.5. The SMILES string of the molecule is CCOC(=O)C1CCN(C(=O)C(C)Nc2cccc(COCC3CCCCO3)c2)CC1. The van der Waals surface area contributed by atoms with Crippen LogP contribution in [0.3, 0.4) is 0 Å². The highest BCUT2D eigenvalue weighted by atomic mass is 16.5. The summed E-state index contributed by atoms with van der Waals surface area (Å²) in [4.78, 5) is 26.6. The first-order valence-electron chi connectivity index (χ1n) is 11.6. The summed E-state index contributed by atoms with van der Waals surface area (Å²) in [5, 5.41) is 3.31. The van der Waals surface area contributed by atoms with Crippen molar-refractivity contribution in [2.45, 2.75) is 64.7 Å². The van der Waals surface area contributed by atoms with Gasteiger partial charge in [0.2, 0.25) is 5.91 Å². The summed E-state index contributed by atoms with van der Waals surface area (Å²) in [6, 6.07) is 7.65. The number of nitrogens with zero attached hydrogens (tertiary/aromatic N) is 1. The zero-order valence-electron chi connectivity index (χ0n) is 18.8. The fraction of sp³-hybridized carbons (Fsp3) is 0.667. The molecule has 1 aromatic rings. The smallest absolute Gasteiger partial charge is 0.309 e. The van der Waals surface area contributed by atoms with E-state index in [1.54, 1.807) is 0 Å². The van der Waals surface area contributed by atoms with Gasteiger partial charge in [-0.3, -0.25) is 9.59 Å². The van der Waals surface area contributed by atoms with Crippen molar-refractivity contribution in [2.75, 3.05) is 38.2 Å². The van der Waals surface area contributed by atoms with Crippen LogP contribution in [0.15, 0.2) is 24.3 Å². The van der Waals surface area contributed by atoms with E-state index in [0.717, 1.165) is 30.7 Å². The van der Waals surface area contributed by atoms with Gasteiger partial charge in [-0.2, -0.15) is 0 Å². The highest BCUT2D eigenvalue weighted by Crippen LogP contribution is 2.21. The molecule has 2 aliphatic rings. The topological polar surface area (TPSA) is 77.1 Å². The van der Waals surface area contributed by atoms with Gasteiger partial charge in [-0.25, -0.2) is 0 Å². The average Bonchev–Trinajstić information content (AvgIpc) is 2.80. The molecule has 2 atom stereocenters. The van der Waals surface area contributed by atoms with Gasteiger partial charge in [-0.1, -0.05) is 12.1 Å². The number of anilines is 1. The van der Waals surface area contributed by atoms with Gasteiger partial charge in [-0.05, 0) is 63.6 Å². The molecular weight excluding hydrogens is 396 g/mol. The Morgan fingerprint density at radius 2 is 2.03 bits per heavy atom. The van der Waals surface area contributed by atoms with Crippen molar-refractivity contribution in [3.05, 3.63) is 29.8 Å². The molecule has 2 unspecified atom stereocenters. The summed E-state index contributed by atoms with van der Waals surface area (Å²) in [5.74, 6) is -0.184. The summed E-state index contributed by atoms with van der Waals surface area (Å²) >= 11 is 0. The maximum atomic E-state index is 12.8. The summed E-state index contributed by atoms with van der Waals surface area (Å²) in [6.45, 7) is 7.25. The molecule has 7 heteroatoms. The van der Waals surface area contributed by atoms with E-state index in [-0.39, 0.29) is 29.9 Å². The molecule has 1 aromatic carbocycles. The lowest BCUT2D eigenvalue weighted by Crippen LogP contribution is -2.46. The number of piperidine rings is 1. The van der Waals surface area contributed by atoms with Gasteiger partial charge in [0.15, 0.2) is 0 Å². The number of ether oxygens (including phenoxy) is 3. The molecule has 7 nitrogen and oxygen atoms in total. The second-order valence-corrected chi connectivity index (χ2v) is 8.42. The number of hydrogen-bond donors (Lipinski definition) is 1. The normalized spacial score (nSPS) is 20.8. The van der Waals surface area contributed by atoms with Crippen molar-refractivity contribution in [3.8, 4) is 0 Å². The Balaban J connectivity index is 1.43. The molecule has 0 radical (unpaired) electrons. The van der Waals surface area contributed by atoms with Gasteiger partial charge in [-0.15, -0.1) is 0 Å². The molecule has 172 valence electrons. The van der Waals surface area contributed by atoms with Crippen molar-refractivity contribution in [1.82, 2.24) is 4.90 Å². The Hall–Kier alpha value is -2.12. The van der Waals surface area contributed by atoms with Gasteiger partial charge < -0.3 is 24.4 Å². The number of amides is 1.